The van der Waals surface area contributed by atoms with Crippen LogP contribution in [0.1, 0.15) is 17.2 Å². The highest BCUT2D eigenvalue weighted by atomic mass is 32.2. The third kappa shape index (κ3) is 3.23. The fraction of sp³-hybridized carbons (Fsp3) is 0.125. The van der Waals surface area contributed by atoms with E-state index in [-0.39, 0.29) is 4.90 Å². The van der Waals surface area contributed by atoms with Crippen LogP contribution in [-0.2, 0) is 19.6 Å². The van der Waals surface area contributed by atoms with Crippen LogP contribution < -0.4 is 10.0 Å². The Kier molecular flexibility index (Phi) is 3.98. The average Bonchev–Trinajstić information content (AvgIpc) is 2.87. The lowest BCUT2D eigenvalue weighted by Crippen LogP contribution is -2.20. The van der Waals surface area contributed by atoms with Crippen LogP contribution in [-0.4, -0.2) is 20.4 Å². The van der Waals surface area contributed by atoms with Crippen molar-refractivity contribution in [3.05, 3.63) is 59.7 Å². The van der Waals surface area contributed by atoms with E-state index >= 15 is 0 Å². The molecule has 8 heteroatoms. The number of cyclic esters (lactones) is 1. The number of rotatable bonds is 4. The van der Waals surface area contributed by atoms with E-state index in [4.69, 9.17) is 4.74 Å². The molecule has 2 aromatic rings. The fourth-order valence-corrected chi connectivity index (χ4v) is 3.29. The van der Waals surface area contributed by atoms with E-state index in [1.54, 1.807) is 12.1 Å². The zero-order valence-electron chi connectivity index (χ0n) is 12.6. The minimum Gasteiger partial charge on any atom is -0.431 e. The van der Waals surface area contributed by atoms with E-state index in [2.05, 4.69) is 4.72 Å². The summed E-state index contributed by atoms with van der Waals surface area (Å²) in [5.41, 5.74) is 1.75. The summed E-state index contributed by atoms with van der Waals surface area (Å²) in [6.45, 7) is 1.87. The lowest BCUT2D eigenvalue weighted by Gasteiger charge is -2.10. The molecule has 1 heterocycles. The second-order valence-electron chi connectivity index (χ2n) is 5.32. The molecule has 0 aliphatic carbocycles. The Balaban J connectivity index is 1.78. The van der Waals surface area contributed by atoms with Crippen LogP contribution in [0.15, 0.2) is 53.4 Å². The molecule has 2 N–H and O–H groups in total. The Hall–Kier alpha value is -2.87. The van der Waals surface area contributed by atoms with E-state index in [0.717, 1.165) is 5.56 Å². The van der Waals surface area contributed by atoms with Gasteiger partial charge in [-0.05, 0) is 31.2 Å². The van der Waals surface area contributed by atoms with E-state index in [1.807, 2.05) is 12.2 Å². The molecular weight excluding hydrogens is 332 g/mol. The van der Waals surface area contributed by atoms with Crippen LogP contribution >= 0.6 is 0 Å². The van der Waals surface area contributed by atoms with Gasteiger partial charge in [-0.2, -0.15) is 0 Å². The third-order valence-corrected chi connectivity index (χ3v) is 4.88. The number of anilines is 1. The van der Waals surface area contributed by atoms with Crippen molar-refractivity contribution < 1.29 is 22.7 Å². The minimum atomic E-state index is -3.70. The Morgan fingerprint density at radius 2 is 1.62 bits per heavy atom. The molecule has 0 spiro atoms. The largest absolute Gasteiger partial charge is 0.431 e. The van der Waals surface area contributed by atoms with Gasteiger partial charge < -0.3 is 4.74 Å². The summed E-state index contributed by atoms with van der Waals surface area (Å²) < 4.78 is 31.9. The van der Waals surface area contributed by atoms with Gasteiger partial charge in [-0.15, -0.1) is 0 Å². The van der Waals surface area contributed by atoms with E-state index < -0.39 is 28.1 Å². The second-order valence-corrected chi connectivity index (χ2v) is 7.00. The van der Waals surface area contributed by atoms with Crippen LogP contribution in [0, 0.1) is 6.92 Å². The molecule has 1 atom stereocenters. The van der Waals surface area contributed by atoms with Crippen molar-refractivity contribution in [1.82, 2.24) is 5.32 Å². The van der Waals surface area contributed by atoms with Gasteiger partial charge in [0.25, 0.3) is 15.9 Å². The first-order valence-electron chi connectivity index (χ1n) is 7.06. The van der Waals surface area contributed by atoms with Gasteiger partial charge in [0, 0.05) is 11.3 Å². The molecule has 3 rings (SSSR count). The first-order valence-corrected chi connectivity index (χ1v) is 8.54. The van der Waals surface area contributed by atoms with Crippen LogP contribution in [0.25, 0.3) is 0 Å². The number of aryl methyl sites for hydroxylation is 1. The van der Waals surface area contributed by atoms with Crippen molar-refractivity contribution in [3.63, 3.8) is 0 Å². The Bertz CT molecular complexity index is 889. The van der Waals surface area contributed by atoms with Crippen molar-refractivity contribution in [1.29, 1.82) is 0 Å². The lowest BCUT2D eigenvalue weighted by molar-refractivity contribution is -0.123. The molecule has 2 amide bonds. The summed E-state index contributed by atoms with van der Waals surface area (Å²) in [6.07, 6.45) is -1.81. The number of carbonyl (C=O) groups is 2. The van der Waals surface area contributed by atoms with E-state index in [9.17, 15) is 18.0 Å². The molecule has 24 heavy (non-hydrogen) atoms. The minimum absolute atomic E-state index is 0.154. The quantitative estimate of drug-likeness (QED) is 0.883. The molecule has 1 fully saturated rings. The van der Waals surface area contributed by atoms with Crippen molar-refractivity contribution in [2.24, 2.45) is 0 Å². The standard InChI is InChI=1S/C16H14N2O5S/c1-10-2-8-13(9-3-10)24(21,22)18-12-6-4-11(5-7-12)14-15(19)17-16(20)23-14/h2-9,14,18H,1H3,(H,17,19,20). The van der Waals surface area contributed by atoms with Gasteiger partial charge in [-0.3, -0.25) is 14.8 Å². The molecule has 1 saturated heterocycles. The maximum atomic E-state index is 12.3. The first kappa shape index (κ1) is 16.0. The fourth-order valence-electron chi connectivity index (χ4n) is 2.23. The molecule has 0 aromatic heterocycles. The molecule has 1 aliphatic rings. The maximum Gasteiger partial charge on any atom is 0.415 e. The Morgan fingerprint density at radius 1 is 1.00 bits per heavy atom. The van der Waals surface area contributed by atoms with Crippen LogP contribution in [0.4, 0.5) is 10.5 Å². The second kappa shape index (κ2) is 5.97. The van der Waals surface area contributed by atoms with Gasteiger partial charge in [0.2, 0.25) is 6.10 Å². The van der Waals surface area contributed by atoms with Crippen molar-refractivity contribution >= 4 is 27.7 Å². The summed E-state index contributed by atoms with van der Waals surface area (Å²) in [4.78, 5) is 22.7. The number of imide groups is 1. The van der Waals surface area contributed by atoms with Gasteiger partial charge in [0.15, 0.2) is 0 Å². The molecule has 0 saturated carbocycles. The van der Waals surface area contributed by atoms with E-state index in [0.29, 0.717) is 11.3 Å². The molecule has 124 valence electrons. The zero-order chi connectivity index (χ0) is 17.3. The summed E-state index contributed by atoms with van der Waals surface area (Å²) in [5.74, 6) is -0.548. The van der Waals surface area contributed by atoms with Gasteiger partial charge in [0.1, 0.15) is 0 Å². The number of hydrogen-bond acceptors (Lipinski definition) is 5. The highest BCUT2D eigenvalue weighted by Gasteiger charge is 2.33. The van der Waals surface area contributed by atoms with Crippen LogP contribution in [0.2, 0.25) is 0 Å². The zero-order valence-corrected chi connectivity index (χ0v) is 13.5. The predicted molar refractivity (Wildman–Crippen MR) is 85.8 cm³/mol. The van der Waals surface area contributed by atoms with Gasteiger partial charge >= 0.3 is 6.09 Å². The number of carbonyl (C=O) groups excluding carboxylic acids is 2. The summed E-state index contributed by atoms with van der Waals surface area (Å²) in [6, 6.07) is 12.5. The summed E-state index contributed by atoms with van der Waals surface area (Å²) in [7, 11) is -3.70. The first-order chi connectivity index (χ1) is 11.3. The molecule has 1 unspecified atom stereocenters. The topological polar surface area (TPSA) is 102 Å². The maximum absolute atomic E-state index is 12.3. The molecule has 0 bridgehead atoms. The van der Waals surface area contributed by atoms with E-state index in [1.165, 1.54) is 36.4 Å². The highest BCUT2D eigenvalue weighted by Crippen LogP contribution is 2.24. The SMILES string of the molecule is Cc1ccc(S(=O)(=O)Nc2ccc(C3OC(=O)NC3=O)cc2)cc1. The van der Waals surface area contributed by atoms with Gasteiger partial charge in [0.05, 0.1) is 4.90 Å². The molecular formula is C16H14N2O5S. The smallest absolute Gasteiger partial charge is 0.415 e. The lowest BCUT2D eigenvalue weighted by atomic mass is 10.1. The molecule has 2 aromatic carbocycles. The number of amides is 2. The van der Waals surface area contributed by atoms with Crippen LogP contribution in [0.3, 0.4) is 0 Å². The van der Waals surface area contributed by atoms with Crippen molar-refractivity contribution in [2.75, 3.05) is 4.72 Å². The molecule has 7 nitrogen and oxygen atoms in total. The van der Waals surface area contributed by atoms with Crippen molar-refractivity contribution in [3.8, 4) is 0 Å². The van der Waals surface area contributed by atoms with Crippen molar-refractivity contribution in [2.45, 2.75) is 17.9 Å². The molecule has 0 radical (unpaired) electrons. The third-order valence-electron chi connectivity index (χ3n) is 3.49. The Morgan fingerprint density at radius 3 is 2.17 bits per heavy atom. The monoisotopic (exact) mass is 346 g/mol. The number of alkyl carbamates (subject to hydrolysis) is 1. The number of sulfonamides is 1. The van der Waals surface area contributed by atoms with Gasteiger partial charge in [-0.25, -0.2) is 13.2 Å². The van der Waals surface area contributed by atoms with Gasteiger partial charge in [-0.1, -0.05) is 29.8 Å². The predicted octanol–water partition coefficient (Wildman–Crippen LogP) is 2.10. The Labute approximate surface area is 138 Å². The number of ether oxygens (including phenoxy) is 1. The number of benzene rings is 2. The van der Waals surface area contributed by atoms with Crippen LogP contribution in [0.5, 0.6) is 0 Å². The molecule has 1 aliphatic heterocycles. The summed E-state index contributed by atoms with van der Waals surface area (Å²) in [5, 5.41) is 2.03. The normalized spacial score (nSPS) is 17.3. The number of hydrogen-bond donors (Lipinski definition) is 2. The highest BCUT2D eigenvalue weighted by molar-refractivity contribution is 7.92. The number of nitrogens with one attached hydrogen (secondary N) is 2. The average molecular weight is 346 g/mol. The summed E-state index contributed by atoms with van der Waals surface area (Å²) >= 11 is 0.